The van der Waals surface area contributed by atoms with Gasteiger partial charge in [0.1, 0.15) is 5.75 Å². The molecular weight excluding hydrogens is 342 g/mol. The lowest BCUT2D eigenvalue weighted by Gasteiger charge is -2.13. The fourth-order valence-electron chi connectivity index (χ4n) is 1.57. The van der Waals surface area contributed by atoms with Crippen LogP contribution in [-0.4, -0.2) is 0 Å². The monoisotopic (exact) mass is 347 g/mol. The summed E-state index contributed by atoms with van der Waals surface area (Å²) in [6.07, 6.45) is -4.55. The highest BCUT2D eigenvalue weighted by Crippen LogP contribution is 2.41. The fraction of sp³-hybridized carbons (Fsp3) is 0.0769. The van der Waals surface area contributed by atoms with Crippen LogP contribution in [0.4, 0.5) is 18.9 Å². The summed E-state index contributed by atoms with van der Waals surface area (Å²) in [7, 11) is 0. The normalized spacial score (nSPS) is 11.0. The Morgan fingerprint density at radius 3 is 2.05 bits per heavy atom. The lowest BCUT2D eigenvalue weighted by molar-refractivity contribution is -0.137. The fourth-order valence-corrected chi connectivity index (χ4v) is 2.14. The largest absolute Gasteiger partial charge is 0.454 e. The predicted octanol–water partition coefficient (Wildman–Crippen LogP) is 6.75. The Morgan fingerprint density at radius 1 is 1.05 bits per heavy atom. The molecule has 0 radical (unpaired) electrons. The first-order valence-electron chi connectivity index (χ1n) is 5.70. The SMILES string of the molecule is [N-]=[N+]=Nc1ccc(Oc2c(Cl)cc(C(F)(F)F)cc2Cl)cc1. The Kier molecular flexibility index (Phi) is 4.71. The Bertz CT molecular complexity index is 718. The molecule has 0 atom stereocenters. The zero-order chi connectivity index (χ0) is 16.3. The lowest BCUT2D eigenvalue weighted by Crippen LogP contribution is -2.05. The second-order valence-electron chi connectivity index (χ2n) is 4.05. The van der Waals surface area contributed by atoms with Crippen molar-refractivity contribution >= 4 is 28.9 Å². The van der Waals surface area contributed by atoms with Crippen molar-refractivity contribution in [3.8, 4) is 11.5 Å². The molecule has 0 saturated heterocycles. The molecule has 2 aromatic rings. The summed E-state index contributed by atoms with van der Waals surface area (Å²) in [6, 6.07) is 7.35. The van der Waals surface area contributed by atoms with Gasteiger partial charge in [-0.25, -0.2) is 0 Å². The molecule has 0 saturated carbocycles. The zero-order valence-electron chi connectivity index (χ0n) is 10.6. The van der Waals surface area contributed by atoms with Crippen molar-refractivity contribution in [1.29, 1.82) is 0 Å². The minimum Gasteiger partial charge on any atom is -0.454 e. The van der Waals surface area contributed by atoms with Crippen molar-refractivity contribution in [2.24, 2.45) is 5.11 Å². The van der Waals surface area contributed by atoms with E-state index in [-0.39, 0.29) is 21.5 Å². The lowest BCUT2D eigenvalue weighted by atomic mass is 10.2. The summed E-state index contributed by atoms with van der Waals surface area (Å²) in [5.41, 5.74) is 7.69. The van der Waals surface area contributed by atoms with Crippen LogP contribution in [0.15, 0.2) is 41.5 Å². The number of ether oxygens (including phenoxy) is 1. The van der Waals surface area contributed by atoms with Gasteiger partial charge < -0.3 is 4.74 Å². The van der Waals surface area contributed by atoms with E-state index in [2.05, 4.69) is 10.0 Å². The molecule has 0 aliphatic rings. The molecule has 0 spiro atoms. The van der Waals surface area contributed by atoms with Crippen molar-refractivity contribution in [2.75, 3.05) is 0 Å². The van der Waals surface area contributed by atoms with Crippen LogP contribution in [0, 0.1) is 0 Å². The topological polar surface area (TPSA) is 58.0 Å². The molecule has 114 valence electrons. The minimum absolute atomic E-state index is 0.0899. The van der Waals surface area contributed by atoms with Crippen LogP contribution < -0.4 is 4.74 Å². The van der Waals surface area contributed by atoms with Gasteiger partial charge >= 0.3 is 6.18 Å². The molecule has 0 aromatic heterocycles. The van der Waals surface area contributed by atoms with Crippen molar-refractivity contribution in [2.45, 2.75) is 6.18 Å². The quantitative estimate of drug-likeness (QED) is 0.344. The third-order valence-electron chi connectivity index (χ3n) is 2.54. The van der Waals surface area contributed by atoms with Crippen LogP contribution in [-0.2, 0) is 6.18 Å². The molecule has 0 heterocycles. The third-order valence-corrected chi connectivity index (χ3v) is 3.10. The number of azide groups is 1. The van der Waals surface area contributed by atoms with Gasteiger partial charge in [-0.3, -0.25) is 0 Å². The predicted molar refractivity (Wildman–Crippen MR) is 76.8 cm³/mol. The minimum atomic E-state index is -4.55. The summed E-state index contributed by atoms with van der Waals surface area (Å²) >= 11 is 11.6. The van der Waals surface area contributed by atoms with Gasteiger partial charge in [0.05, 0.1) is 15.6 Å². The first-order valence-corrected chi connectivity index (χ1v) is 6.46. The molecule has 0 fully saturated rings. The standard InChI is InChI=1S/C13H6Cl2F3N3O/c14-10-5-7(13(16,17)18)6-11(15)12(10)22-9-3-1-8(2-4-9)20-21-19/h1-6H. The van der Waals surface area contributed by atoms with E-state index >= 15 is 0 Å². The molecular formula is C13H6Cl2F3N3O. The number of alkyl halides is 3. The molecule has 2 aromatic carbocycles. The van der Waals surface area contributed by atoms with Crippen molar-refractivity contribution in [1.82, 2.24) is 0 Å². The van der Waals surface area contributed by atoms with Crippen LogP contribution in [0.2, 0.25) is 10.0 Å². The molecule has 0 aliphatic heterocycles. The number of benzene rings is 2. The van der Waals surface area contributed by atoms with Crippen molar-refractivity contribution < 1.29 is 17.9 Å². The summed E-state index contributed by atoms with van der Waals surface area (Å²) in [4.78, 5) is 2.62. The first-order chi connectivity index (χ1) is 10.3. The molecule has 9 heteroatoms. The molecule has 0 amide bonds. The highest BCUT2D eigenvalue weighted by atomic mass is 35.5. The van der Waals surface area contributed by atoms with E-state index in [1.165, 1.54) is 24.3 Å². The third kappa shape index (κ3) is 3.76. The molecule has 4 nitrogen and oxygen atoms in total. The summed E-state index contributed by atoms with van der Waals surface area (Å²) in [5.74, 6) is 0.188. The maximum absolute atomic E-state index is 12.6. The van der Waals surface area contributed by atoms with E-state index in [1.807, 2.05) is 0 Å². The van der Waals surface area contributed by atoms with Crippen LogP contribution in [0.3, 0.4) is 0 Å². The Labute approximate surface area is 132 Å². The molecule has 0 bridgehead atoms. The summed E-state index contributed by atoms with van der Waals surface area (Å²) in [5, 5.41) is 2.85. The van der Waals surface area contributed by atoms with Gasteiger partial charge in [-0.15, -0.1) is 0 Å². The molecule has 0 aliphatic carbocycles. The van der Waals surface area contributed by atoms with Gasteiger partial charge in [0, 0.05) is 10.6 Å². The number of hydrogen-bond acceptors (Lipinski definition) is 2. The average molecular weight is 348 g/mol. The summed E-state index contributed by atoms with van der Waals surface area (Å²) in [6.45, 7) is 0. The molecule has 22 heavy (non-hydrogen) atoms. The van der Waals surface area contributed by atoms with Gasteiger partial charge in [0.15, 0.2) is 5.75 Å². The van der Waals surface area contributed by atoms with Crippen LogP contribution in [0.25, 0.3) is 10.4 Å². The second kappa shape index (κ2) is 6.36. The Morgan fingerprint density at radius 2 is 1.59 bits per heavy atom. The van der Waals surface area contributed by atoms with E-state index in [0.717, 1.165) is 12.1 Å². The van der Waals surface area contributed by atoms with Gasteiger partial charge in [0.2, 0.25) is 0 Å². The van der Waals surface area contributed by atoms with Crippen LogP contribution in [0.1, 0.15) is 5.56 Å². The molecule has 0 unspecified atom stereocenters. The maximum atomic E-state index is 12.6. The van der Waals surface area contributed by atoms with Crippen LogP contribution in [0.5, 0.6) is 11.5 Å². The molecule has 0 N–H and O–H groups in total. The smallest absolute Gasteiger partial charge is 0.416 e. The highest BCUT2D eigenvalue weighted by Gasteiger charge is 2.32. The van der Waals surface area contributed by atoms with Gasteiger partial charge in [0.25, 0.3) is 0 Å². The van der Waals surface area contributed by atoms with E-state index in [4.69, 9.17) is 33.5 Å². The number of nitrogens with zero attached hydrogens (tertiary/aromatic N) is 3. The Balaban J connectivity index is 2.31. The van der Waals surface area contributed by atoms with Gasteiger partial charge in [-0.2, -0.15) is 13.2 Å². The van der Waals surface area contributed by atoms with E-state index in [0.29, 0.717) is 5.69 Å². The number of hydrogen-bond donors (Lipinski definition) is 0. The van der Waals surface area contributed by atoms with Crippen LogP contribution >= 0.6 is 23.2 Å². The van der Waals surface area contributed by atoms with Gasteiger partial charge in [-0.1, -0.05) is 28.3 Å². The van der Waals surface area contributed by atoms with E-state index in [9.17, 15) is 13.2 Å². The maximum Gasteiger partial charge on any atom is 0.416 e. The van der Waals surface area contributed by atoms with Gasteiger partial charge in [-0.05, 0) is 41.9 Å². The zero-order valence-corrected chi connectivity index (χ0v) is 12.1. The second-order valence-corrected chi connectivity index (χ2v) is 4.87. The number of halogens is 5. The Hall–Kier alpha value is -2.08. The average Bonchev–Trinajstić information content (AvgIpc) is 2.43. The molecule has 2 rings (SSSR count). The van der Waals surface area contributed by atoms with E-state index in [1.54, 1.807) is 0 Å². The highest BCUT2D eigenvalue weighted by molar-refractivity contribution is 6.37. The summed E-state index contributed by atoms with van der Waals surface area (Å²) < 4.78 is 43.3. The van der Waals surface area contributed by atoms with Crippen molar-refractivity contribution in [3.63, 3.8) is 0 Å². The van der Waals surface area contributed by atoms with E-state index < -0.39 is 11.7 Å². The van der Waals surface area contributed by atoms with Crippen molar-refractivity contribution in [3.05, 3.63) is 62.4 Å². The number of rotatable bonds is 3. The first kappa shape index (κ1) is 16.3.